The van der Waals surface area contributed by atoms with Crippen molar-refractivity contribution < 1.29 is 19.9 Å². The highest BCUT2D eigenvalue weighted by Crippen LogP contribution is 2.29. The van der Waals surface area contributed by atoms with E-state index in [0.717, 1.165) is 5.57 Å². The molecule has 0 saturated carbocycles. The lowest BCUT2D eigenvalue weighted by atomic mass is 10.0. The van der Waals surface area contributed by atoms with Crippen LogP contribution >= 0.6 is 0 Å². The molecule has 0 aromatic heterocycles. The van der Waals surface area contributed by atoms with E-state index < -0.39 is 4.92 Å². The molecule has 0 aliphatic carbocycles. The SMILES string of the molecule is CC(C)=CCc1cc(/C=C/C(=O)c2ccc([N+](=O)[O-])cc2)c(O)cc1O. The highest BCUT2D eigenvalue weighted by atomic mass is 16.6. The van der Waals surface area contributed by atoms with Crippen LogP contribution in [0.5, 0.6) is 11.5 Å². The van der Waals surface area contributed by atoms with Gasteiger partial charge in [0.1, 0.15) is 11.5 Å². The molecule has 0 heterocycles. The minimum atomic E-state index is -0.535. The van der Waals surface area contributed by atoms with Crippen molar-refractivity contribution in [3.8, 4) is 11.5 Å². The van der Waals surface area contributed by atoms with Gasteiger partial charge in [0.25, 0.3) is 5.69 Å². The highest BCUT2D eigenvalue weighted by Gasteiger charge is 2.09. The van der Waals surface area contributed by atoms with Crippen molar-refractivity contribution in [2.24, 2.45) is 0 Å². The van der Waals surface area contributed by atoms with E-state index in [2.05, 4.69) is 0 Å². The number of hydrogen-bond acceptors (Lipinski definition) is 5. The van der Waals surface area contributed by atoms with Crippen molar-refractivity contribution >= 4 is 17.5 Å². The lowest BCUT2D eigenvalue weighted by Gasteiger charge is -2.06. The quantitative estimate of drug-likeness (QED) is 0.263. The van der Waals surface area contributed by atoms with E-state index in [1.807, 2.05) is 19.9 Å². The molecule has 0 radical (unpaired) electrons. The van der Waals surface area contributed by atoms with Gasteiger partial charge in [0, 0.05) is 29.3 Å². The van der Waals surface area contributed by atoms with Crippen LogP contribution in [0.2, 0.25) is 0 Å². The molecule has 0 spiro atoms. The van der Waals surface area contributed by atoms with Gasteiger partial charge >= 0.3 is 0 Å². The predicted octanol–water partition coefficient (Wildman–Crippen LogP) is 4.41. The summed E-state index contributed by atoms with van der Waals surface area (Å²) in [5.41, 5.74) is 2.34. The van der Waals surface area contributed by atoms with Crippen LogP contribution < -0.4 is 0 Å². The molecule has 0 atom stereocenters. The average molecular weight is 353 g/mol. The summed E-state index contributed by atoms with van der Waals surface area (Å²) in [5, 5.41) is 30.5. The number of nitro benzene ring substituents is 1. The highest BCUT2D eigenvalue weighted by molar-refractivity contribution is 6.07. The molecule has 0 aliphatic rings. The van der Waals surface area contributed by atoms with E-state index in [-0.39, 0.29) is 23.0 Å². The maximum absolute atomic E-state index is 12.2. The number of nitrogens with zero attached hydrogens (tertiary/aromatic N) is 1. The number of ketones is 1. The Balaban J connectivity index is 2.23. The summed E-state index contributed by atoms with van der Waals surface area (Å²) in [7, 11) is 0. The maximum Gasteiger partial charge on any atom is 0.269 e. The van der Waals surface area contributed by atoms with E-state index in [0.29, 0.717) is 23.1 Å². The van der Waals surface area contributed by atoms with Crippen LogP contribution in [0.4, 0.5) is 5.69 Å². The van der Waals surface area contributed by atoms with E-state index in [9.17, 15) is 25.1 Å². The first kappa shape index (κ1) is 18.9. The number of nitro groups is 1. The van der Waals surface area contributed by atoms with Crippen molar-refractivity contribution in [1.82, 2.24) is 0 Å². The van der Waals surface area contributed by atoms with Gasteiger partial charge in [0.15, 0.2) is 5.78 Å². The number of allylic oxidation sites excluding steroid dienone is 3. The first-order valence-electron chi connectivity index (χ1n) is 7.93. The molecular weight excluding hydrogens is 334 g/mol. The summed E-state index contributed by atoms with van der Waals surface area (Å²) in [5.74, 6) is -0.506. The normalized spacial score (nSPS) is 10.7. The zero-order chi connectivity index (χ0) is 19.3. The molecule has 2 rings (SSSR count). The fourth-order valence-electron chi connectivity index (χ4n) is 2.26. The third-order valence-corrected chi connectivity index (χ3v) is 3.74. The molecule has 0 amide bonds. The molecule has 0 unspecified atom stereocenters. The molecule has 2 N–H and O–H groups in total. The van der Waals surface area contributed by atoms with Crippen molar-refractivity contribution in [2.45, 2.75) is 20.3 Å². The number of non-ortho nitro benzene ring substituents is 1. The fraction of sp³-hybridized carbons (Fsp3) is 0.150. The Bertz CT molecular complexity index is 891. The van der Waals surface area contributed by atoms with Crippen LogP contribution in [0.3, 0.4) is 0 Å². The molecule has 0 saturated heterocycles. The number of benzene rings is 2. The Morgan fingerprint density at radius 1 is 1.12 bits per heavy atom. The zero-order valence-corrected chi connectivity index (χ0v) is 14.5. The molecule has 134 valence electrons. The van der Waals surface area contributed by atoms with Gasteiger partial charge in [-0.25, -0.2) is 0 Å². The van der Waals surface area contributed by atoms with E-state index in [4.69, 9.17) is 0 Å². The van der Waals surface area contributed by atoms with Gasteiger partial charge in [-0.3, -0.25) is 14.9 Å². The molecule has 6 nitrogen and oxygen atoms in total. The van der Waals surface area contributed by atoms with Crippen molar-refractivity contribution in [3.63, 3.8) is 0 Å². The van der Waals surface area contributed by atoms with E-state index in [1.54, 1.807) is 6.07 Å². The Labute approximate surface area is 150 Å². The summed E-state index contributed by atoms with van der Waals surface area (Å²) < 4.78 is 0. The van der Waals surface area contributed by atoms with Crippen molar-refractivity contribution in [2.75, 3.05) is 0 Å². The third kappa shape index (κ3) is 4.80. The van der Waals surface area contributed by atoms with Crippen LogP contribution in [0.15, 0.2) is 54.1 Å². The Hall–Kier alpha value is -3.41. The topological polar surface area (TPSA) is 101 Å². The monoisotopic (exact) mass is 353 g/mol. The lowest BCUT2D eigenvalue weighted by molar-refractivity contribution is -0.384. The van der Waals surface area contributed by atoms with Crippen molar-refractivity contribution in [3.05, 3.63) is 80.9 Å². The van der Waals surface area contributed by atoms with Crippen LogP contribution in [-0.2, 0) is 6.42 Å². The number of phenolic OH excluding ortho intramolecular Hbond substituents is 2. The number of rotatable bonds is 6. The summed E-state index contributed by atoms with van der Waals surface area (Å²) in [6.45, 7) is 3.89. The smallest absolute Gasteiger partial charge is 0.269 e. The van der Waals surface area contributed by atoms with Crippen molar-refractivity contribution in [1.29, 1.82) is 0 Å². The summed E-state index contributed by atoms with van der Waals surface area (Å²) >= 11 is 0. The second-order valence-electron chi connectivity index (χ2n) is 6.03. The van der Waals surface area contributed by atoms with Gasteiger partial charge in [0.2, 0.25) is 0 Å². The second-order valence-corrected chi connectivity index (χ2v) is 6.03. The molecule has 0 aliphatic heterocycles. The first-order valence-corrected chi connectivity index (χ1v) is 7.93. The van der Waals surface area contributed by atoms with Gasteiger partial charge in [-0.1, -0.05) is 11.6 Å². The van der Waals surface area contributed by atoms with Gasteiger partial charge in [-0.15, -0.1) is 0 Å². The second kappa shape index (κ2) is 8.11. The number of carbonyl (C=O) groups excluding carboxylic acids is 1. The van der Waals surface area contributed by atoms with Crippen LogP contribution in [-0.4, -0.2) is 20.9 Å². The Morgan fingerprint density at radius 2 is 1.77 bits per heavy atom. The zero-order valence-electron chi connectivity index (χ0n) is 14.5. The molecule has 2 aromatic rings. The van der Waals surface area contributed by atoms with Gasteiger partial charge in [-0.2, -0.15) is 0 Å². The molecule has 2 aromatic carbocycles. The average Bonchev–Trinajstić information content (AvgIpc) is 2.59. The minimum Gasteiger partial charge on any atom is -0.508 e. The Morgan fingerprint density at radius 3 is 2.35 bits per heavy atom. The number of aromatic hydroxyl groups is 2. The first-order chi connectivity index (χ1) is 12.3. The number of phenols is 2. The molecule has 0 bridgehead atoms. The standard InChI is InChI=1S/C20H19NO5/c1-13(2)3-4-15-11-16(20(24)12-19(15)23)7-10-18(22)14-5-8-17(9-6-14)21(25)26/h3,5-12,23-24H,4H2,1-2H3/b10-7+. The minimum absolute atomic E-state index is 0.0150. The number of hydrogen-bond donors (Lipinski definition) is 2. The summed E-state index contributed by atoms with van der Waals surface area (Å²) in [4.78, 5) is 22.3. The molecular formula is C20H19NO5. The molecule has 6 heteroatoms. The van der Waals surface area contributed by atoms with Gasteiger partial charge in [0.05, 0.1) is 4.92 Å². The van der Waals surface area contributed by atoms with Crippen LogP contribution in [0.25, 0.3) is 6.08 Å². The van der Waals surface area contributed by atoms with Gasteiger partial charge < -0.3 is 10.2 Å². The molecule has 26 heavy (non-hydrogen) atoms. The lowest BCUT2D eigenvalue weighted by Crippen LogP contribution is -1.95. The Kier molecular flexibility index (Phi) is 5.90. The van der Waals surface area contributed by atoms with E-state index in [1.165, 1.54) is 42.5 Å². The fourth-order valence-corrected chi connectivity index (χ4v) is 2.26. The molecule has 0 fully saturated rings. The van der Waals surface area contributed by atoms with Gasteiger partial charge in [-0.05, 0) is 56.2 Å². The summed E-state index contributed by atoms with van der Waals surface area (Å²) in [6.07, 6.45) is 5.18. The number of carbonyl (C=O) groups is 1. The predicted molar refractivity (Wildman–Crippen MR) is 99.4 cm³/mol. The largest absolute Gasteiger partial charge is 0.508 e. The van der Waals surface area contributed by atoms with Crippen LogP contribution in [0.1, 0.15) is 35.3 Å². The third-order valence-electron chi connectivity index (χ3n) is 3.74. The summed E-state index contributed by atoms with van der Waals surface area (Å²) in [6, 6.07) is 8.13. The van der Waals surface area contributed by atoms with E-state index >= 15 is 0 Å². The maximum atomic E-state index is 12.2. The van der Waals surface area contributed by atoms with Crippen LogP contribution in [0, 0.1) is 10.1 Å².